The SMILES string of the molecule is Cc1nc(N2CCNCC2)c(C#N)cc1-n1c(=O)n(C)c2cnc3ccc(-c4ccc(Cl)cc4)cc3c21. The highest BCUT2D eigenvalue weighted by Crippen LogP contribution is 2.32. The summed E-state index contributed by atoms with van der Waals surface area (Å²) < 4.78 is 3.25. The molecule has 1 aliphatic heterocycles. The van der Waals surface area contributed by atoms with Crippen LogP contribution in [0, 0.1) is 18.3 Å². The molecule has 4 heterocycles. The Morgan fingerprint density at radius 1 is 1.05 bits per heavy atom. The van der Waals surface area contributed by atoms with Crippen LogP contribution in [0.2, 0.25) is 5.02 Å². The molecule has 0 amide bonds. The van der Waals surface area contributed by atoms with E-state index < -0.39 is 0 Å². The van der Waals surface area contributed by atoms with Crippen molar-refractivity contribution in [1.82, 2.24) is 24.4 Å². The van der Waals surface area contributed by atoms with E-state index in [4.69, 9.17) is 16.6 Å². The molecule has 6 rings (SSSR count). The van der Waals surface area contributed by atoms with Crippen molar-refractivity contribution in [3.8, 4) is 22.9 Å². The lowest BCUT2D eigenvalue weighted by atomic mass is 10.0. The van der Waals surface area contributed by atoms with Crippen LogP contribution >= 0.6 is 11.6 Å². The van der Waals surface area contributed by atoms with Crippen molar-refractivity contribution in [3.05, 3.63) is 81.5 Å². The van der Waals surface area contributed by atoms with Crippen molar-refractivity contribution in [3.63, 3.8) is 0 Å². The summed E-state index contributed by atoms with van der Waals surface area (Å²) >= 11 is 6.10. The lowest BCUT2D eigenvalue weighted by molar-refractivity contribution is 0.584. The number of rotatable bonds is 3. The molecule has 5 aromatic rings. The number of piperazine rings is 1. The first kappa shape index (κ1) is 23.2. The average molecular weight is 510 g/mol. The summed E-state index contributed by atoms with van der Waals surface area (Å²) in [4.78, 5) is 25.2. The number of imidazole rings is 1. The van der Waals surface area contributed by atoms with Gasteiger partial charge in [0, 0.05) is 43.6 Å². The molecule has 8 nitrogen and oxygen atoms in total. The van der Waals surface area contributed by atoms with E-state index in [1.54, 1.807) is 28.4 Å². The van der Waals surface area contributed by atoms with E-state index in [1.807, 2.05) is 49.4 Å². The first-order valence-corrected chi connectivity index (χ1v) is 12.5. The molecule has 184 valence electrons. The zero-order valence-corrected chi connectivity index (χ0v) is 21.3. The van der Waals surface area contributed by atoms with Gasteiger partial charge in [-0.15, -0.1) is 0 Å². The molecular weight excluding hydrogens is 486 g/mol. The van der Waals surface area contributed by atoms with Gasteiger partial charge in [0.05, 0.1) is 39.7 Å². The van der Waals surface area contributed by atoms with E-state index in [0.717, 1.165) is 53.7 Å². The number of benzene rings is 2. The fourth-order valence-electron chi connectivity index (χ4n) is 5.05. The van der Waals surface area contributed by atoms with E-state index in [2.05, 4.69) is 21.3 Å². The number of pyridine rings is 2. The molecule has 0 radical (unpaired) electrons. The monoisotopic (exact) mass is 509 g/mol. The zero-order chi connectivity index (χ0) is 25.7. The van der Waals surface area contributed by atoms with Gasteiger partial charge in [0.2, 0.25) is 0 Å². The molecular formula is C28H24ClN7O. The van der Waals surface area contributed by atoms with Crippen LogP contribution in [0.1, 0.15) is 11.3 Å². The Balaban J connectivity index is 1.61. The Bertz CT molecular complexity index is 1770. The molecule has 0 bridgehead atoms. The van der Waals surface area contributed by atoms with E-state index >= 15 is 0 Å². The third-order valence-electron chi connectivity index (χ3n) is 7.01. The Kier molecular flexibility index (Phi) is 5.67. The van der Waals surface area contributed by atoms with Gasteiger partial charge in [-0.1, -0.05) is 29.8 Å². The average Bonchev–Trinajstić information content (AvgIpc) is 3.19. The molecule has 1 aliphatic rings. The van der Waals surface area contributed by atoms with Crippen LogP contribution in [-0.2, 0) is 7.05 Å². The summed E-state index contributed by atoms with van der Waals surface area (Å²) in [5.41, 5.74) is 5.72. The lowest BCUT2D eigenvalue weighted by Crippen LogP contribution is -2.44. The highest BCUT2D eigenvalue weighted by molar-refractivity contribution is 6.30. The number of nitrogens with zero attached hydrogens (tertiary/aromatic N) is 6. The van der Waals surface area contributed by atoms with Crippen LogP contribution in [-0.4, -0.2) is 45.3 Å². The van der Waals surface area contributed by atoms with Crippen LogP contribution in [0.25, 0.3) is 38.8 Å². The minimum absolute atomic E-state index is 0.218. The molecule has 0 unspecified atom stereocenters. The van der Waals surface area contributed by atoms with Gasteiger partial charge in [0.15, 0.2) is 0 Å². The first-order chi connectivity index (χ1) is 18.0. The first-order valence-electron chi connectivity index (χ1n) is 12.1. The van der Waals surface area contributed by atoms with Gasteiger partial charge in [0.1, 0.15) is 11.9 Å². The number of hydrogen-bond acceptors (Lipinski definition) is 6. The van der Waals surface area contributed by atoms with Crippen molar-refractivity contribution in [2.24, 2.45) is 7.05 Å². The topological polar surface area (TPSA) is 91.8 Å². The molecule has 0 spiro atoms. The number of aryl methyl sites for hydroxylation is 2. The summed E-state index contributed by atoms with van der Waals surface area (Å²) in [7, 11) is 1.74. The van der Waals surface area contributed by atoms with Crippen LogP contribution in [0.3, 0.4) is 0 Å². The minimum Gasteiger partial charge on any atom is -0.353 e. The van der Waals surface area contributed by atoms with Crippen LogP contribution in [0.5, 0.6) is 0 Å². The number of nitrogens with one attached hydrogen (secondary N) is 1. The predicted octanol–water partition coefficient (Wildman–Crippen LogP) is 4.18. The quantitative estimate of drug-likeness (QED) is 0.392. The normalized spacial score (nSPS) is 13.8. The summed E-state index contributed by atoms with van der Waals surface area (Å²) in [6, 6.07) is 17.8. The maximum absolute atomic E-state index is 13.6. The molecule has 2 aromatic carbocycles. The van der Waals surface area contributed by atoms with Gasteiger partial charge >= 0.3 is 5.69 Å². The Labute approximate surface area is 218 Å². The Hall–Kier alpha value is -4.19. The fraction of sp³-hybridized carbons (Fsp3) is 0.214. The third kappa shape index (κ3) is 3.84. The van der Waals surface area contributed by atoms with Gasteiger partial charge in [-0.3, -0.25) is 14.1 Å². The van der Waals surface area contributed by atoms with E-state index in [0.29, 0.717) is 33.3 Å². The maximum atomic E-state index is 13.6. The summed E-state index contributed by atoms with van der Waals surface area (Å²) in [5, 5.41) is 14.8. The van der Waals surface area contributed by atoms with Crippen LogP contribution in [0.4, 0.5) is 5.82 Å². The number of hydrogen-bond donors (Lipinski definition) is 1. The molecule has 0 saturated carbocycles. The molecule has 9 heteroatoms. The van der Waals surface area contributed by atoms with Gasteiger partial charge in [-0.2, -0.15) is 5.26 Å². The van der Waals surface area contributed by atoms with Crippen molar-refractivity contribution in [2.45, 2.75) is 6.92 Å². The smallest absolute Gasteiger partial charge is 0.333 e. The van der Waals surface area contributed by atoms with Crippen LogP contribution in [0.15, 0.2) is 59.5 Å². The van der Waals surface area contributed by atoms with E-state index in [-0.39, 0.29) is 5.69 Å². The number of aromatic nitrogens is 4. The molecule has 1 N–H and O–H groups in total. The zero-order valence-electron chi connectivity index (χ0n) is 20.5. The fourth-order valence-corrected chi connectivity index (χ4v) is 5.18. The number of anilines is 1. The molecule has 3 aromatic heterocycles. The standard InChI is InChI=1S/C28H24ClN7O/c1-17-24(14-20(15-30)27(33-17)35-11-9-31-10-12-35)36-26-22-13-19(18-3-6-21(29)7-4-18)5-8-23(22)32-16-25(26)34(2)28(36)37/h3-8,13-14,16,31H,9-12H2,1-2H3. The maximum Gasteiger partial charge on any atom is 0.333 e. The summed E-state index contributed by atoms with van der Waals surface area (Å²) in [5.74, 6) is 0.662. The van der Waals surface area contributed by atoms with Crippen molar-refractivity contribution in [1.29, 1.82) is 5.26 Å². The van der Waals surface area contributed by atoms with Gasteiger partial charge in [-0.25, -0.2) is 9.78 Å². The van der Waals surface area contributed by atoms with Gasteiger partial charge < -0.3 is 10.2 Å². The van der Waals surface area contributed by atoms with Crippen LogP contribution < -0.4 is 15.9 Å². The van der Waals surface area contributed by atoms with Gasteiger partial charge in [-0.05, 0) is 48.4 Å². The Morgan fingerprint density at radius 2 is 1.78 bits per heavy atom. The number of nitriles is 1. The highest BCUT2D eigenvalue weighted by Gasteiger charge is 2.22. The largest absolute Gasteiger partial charge is 0.353 e. The summed E-state index contributed by atoms with van der Waals surface area (Å²) in [6.07, 6.45) is 1.72. The molecule has 37 heavy (non-hydrogen) atoms. The van der Waals surface area contributed by atoms with E-state index in [9.17, 15) is 10.1 Å². The third-order valence-corrected chi connectivity index (χ3v) is 7.26. The van der Waals surface area contributed by atoms with E-state index in [1.165, 1.54) is 0 Å². The second-order valence-electron chi connectivity index (χ2n) is 9.22. The molecule has 0 atom stereocenters. The second kappa shape index (κ2) is 9.04. The summed E-state index contributed by atoms with van der Waals surface area (Å²) in [6.45, 7) is 5.11. The molecule has 0 aliphatic carbocycles. The molecule has 1 saturated heterocycles. The van der Waals surface area contributed by atoms with Crippen molar-refractivity contribution < 1.29 is 0 Å². The Morgan fingerprint density at radius 3 is 2.51 bits per heavy atom. The highest BCUT2D eigenvalue weighted by atomic mass is 35.5. The van der Waals surface area contributed by atoms with Crippen molar-refractivity contribution >= 4 is 39.4 Å². The van der Waals surface area contributed by atoms with Crippen molar-refractivity contribution in [2.75, 3.05) is 31.1 Å². The minimum atomic E-state index is -0.218. The molecule has 1 fully saturated rings. The second-order valence-corrected chi connectivity index (χ2v) is 9.66. The lowest BCUT2D eigenvalue weighted by Gasteiger charge is -2.29. The number of fused-ring (bicyclic) bond motifs is 3. The number of halogens is 1. The predicted molar refractivity (Wildman–Crippen MR) is 147 cm³/mol. The van der Waals surface area contributed by atoms with Gasteiger partial charge in [0.25, 0.3) is 0 Å².